The monoisotopic (exact) mass is 285 g/mol. The van der Waals surface area contributed by atoms with Crippen molar-refractivity contribution in [3.8, 4) is 0 Å². The Morgan fingerprint density at radius 2 is 2.11 bits per heavy atom. The lowest BCUT2D eigenvalue weighted by atomic mass is 10.1. The summed E-state index contributed by atoms with van der Waals surface area (Å²) in [5.41, 5.74) is 0.842. The van der Waals surface area contributed by atoms with Crippen LogP contribution in [0.3, 0.4) is 0 Å². The highest BCUT2D eigenvalue weighted by molar-refractivity contribution is 7.91. The van der Waals surface area contributed by atoms with Gasteiger partial charge in [-0.05, 0) is 11.6 Å². The van der Waals surface area contributed by atoms with Crippen LogP contribution >= 0.6 is 0 Å². The molecule has 0 spiro atoms. The molecule has 0 aromatic heterocycles. The Labute approximate surface area is 113 Å². The Balaban J connectivity index is 2.08. The topological polar surface area (TPSA) is 64.6 Å². The Hall–Kier alpha value is -0.950. The minimum atomic E-state index is -3.16. The summed E-state index contributed by atoms with van der Waals surface area (Å²) in [4.78, 5) is 0.438. The third-order valence-corrected chi connectivity index (χ3v) is 5.11. The van der Waals surface area contributed by atoms with E-state index in [0.717, 1.165) is 5.56 Å². The van der Waals surface area contributed by atoms with Crippen LogP contribution in [0.25, 0.3) is 0 Å². The third-order valence-electron chi connectivity index (χ3n) is 3.29. The molecular formula is C13H19NO4S. The molecular weight excluding hydrogens is 266 g/mol. The van der Waals surface area contributed by atoms with Crippen molar-refractivity contribution in [2.45, 2.75) is 17.0 Å². The fourth-order valence-corrected chi connectivity index (χ4v) is 4.06. The lowest BCUT2D eigenvalue weighted by Gasteiger charge is -2.18. The van der Waals surface area contributed by atoms with E-state index in [-0.39, 0.29) is 17.9 Å². The standard InChI is InChI=1S/C13H19NO4S/c1-17-8-10(18-2)7-14-12-9-19(15,16)13-6-4-3-5-11(12)13/h3-6,10,12,14H,7-9H2,1-2H3. The summed E-state index contributed by atoms with van der Waals surface area (Å²) in [7, 11) is 0.0720. The molecule has 106 valence electrons. The maximum atomic E-state index is 12.0. The number of rotatable bonds is 6. The van der Waals surface area contributed by atoms with Crippen LogP contribution in [-0.2, 0) is 19.3 Å². The Morgan fingerprint density at radius 1 is 1.37 bits per heavy atom. The maximum Gasteiger partial charge on any atom is 0.180 e. The molecule has 1 aromatic carbocycles. The van der Waals surface area contributed by atoms with Gasteiger partial charge in [-0.15, -0.1) is 0 Å². The quantitative estimate of drug-likeness (QED) is 0.836. The zero-order chi connectivity index (χ0) is 13.9. The fraction of sp³-hybridized carbons (Fsp3) is 0.538. The van der Waals surface area contributed by atoms with Crippen LogP contribution in [0.15, 0.2) is 29.2 Å². The maximum absolute atomic E-state index is 12.0. The van der Waals surface area contributed by atoms with Gasteiger partial charge in [0.2, 0.25) is 0 Å². The third kappa shape index (κ3) is 3.14. The van der Waals surface area contributed by atoms with Gasteiger partial charge in [0.15, 0.2) is 9.84 Å². The Kier molecular flexibility index (Phi) is 4.57. The van der Waals surface area contributed by atoms with Crippen LogP contribution in [0, 0.1) is 0 Å². The normalized spacial score (nSPS) is 22.1. The molecule has 1 aliphatic heterocycles. The van der Waals surface area contributed by atoms with Gasteiger partial charge in [0.05, 0.1) is 23.4 Å². The fourth-order valence-electron chi connectivity index (χ4n) is 2.29. The van der Waals surface area contributed by atoms with Gasteiger partial charge >= 0.3 is 0 Å². The van der Waals surface area contributed by atoms with Crippen LogP contribution < -0.4 is 5.32 Å². The summed E-state index contributed by atoms with van der Waals surface area (Å²) >= 11 is 0. The van der Waals surface area contributed by atoms with Crippen LogP contribution in [0.5, 0.6) is 0 Å². The highest BCUT2D eigenvalue weighted by Crippen LogP contribution is 2.32. The summed E-state index contributed by atoms with van der Waals surface area (Å²) in [5, 5.41) is 3.25. The van der Waals surface area contributed by atoms with E-state index in [2.05, 4.69) is 5.32 Å². The van der Waals surface area contributed by atoms with Crippen molar-refractivity contribution in [3.05, 3.63) is 29.8 Å². The van der Waals surface area contributed by atoms with Gasteiger partial charge in [-0.2, -0.15) is 0 Å². The molecule has 0 radical (unpaired) electrons. The van der Waals surface area contributed by atoms with Gasteiger partial charge in [-0.25, -0.2) is 8.42 Å². The van der Waals surface area contributed by atoms with Gasteiger partial charge in [-0.1, -0.05) is 18.2 Å². The first-order valence-electron chi connectivity index (χ1n) is 6.15. The first-order valence-corrected chi connectivity index (χ1v) is 7.80. The number of benzene rings is 1. The van der Waals surface area contributed by atoms with E-state index in [9.17, 15) is 8.42 Å². The zero-order valence-corrected chi connectivity index (χ0v) is 11.9. The molecule has 0 bridgehead atoms. The molecule has 1 aromatic rings. The minimum absolute atomic E-state index is 0.0829. The second-order valence-corrected chi connectivity index (χ2v) is 6.60. The molecule has 2 rings (SSSR count). The first-order chi connectivity index (χ1) is 9.08. The predicted molar refractivity (Wildman–Crippen MR) is 71.9 cm³/mol. The zero-order valence-electron chi connectivity index (χ0n) is 11.1. The van der Waals surface area contributed by atoms with E-state index in [4.69, 9.17) is 9.47 Å². The molecule has 0 aliphatic carbocycles. The molecule has 1 aliphatic rings. The average molecular weight is 285 g/mol. The Morgan fingerprint density at radius 3 is 2.79 bits per heavy atom. The molecule has 19 heavy (non-hydrogen) atoms. The van der Waals surface area contributed by atoms with E-state index in [0.29, 0.717) is 18.0 Å². The molecule has 1 heterocycles. The highest BCUT2D eigenvalue weighted by Gasteiger charge is 2.34. The van der Waals surface area contributed by atoms with E-state index in [1.54, 1.807) is 26.4 Å². The molecule has 1 N–H and O–H groups in total. The second-order valence-electron chi connectivity index (χ2n) is 4.59. The van der Waals surface area contributed by atoms with Gasteiger partial charge < -0.3 is 14.8 Å². The van der Waals surface area contributed by atoms with Crippen molar-refractivity contribution in [3.63, 3.8) is 0 Å². The van der Waals surface area contributed by atoms with Crippen molar-refractivity contribution in [2.24, 2.45) is 0 Å². The lowest BCUT2D eigenvalue weighted by Crippen LogP contribution is -2.34. The van der Waals surface area contributed by atoms with Gasteiger partial charge in [0, 0.05) is 26.8 Å². The van der Waals surface area contributed by atoms with E-state index >= 15 is 0 Å². The van der Waals surface area contributed by atoms with Crippen molar-refractivity contribution >= 4 is 9.84 Å². The summed E-state index contributed by atoms with van der Waals surface area (Å²) in [5.74, 6) is 0.107. The molecule has 0 saturated heterocycles. The average Bonchev–Trinajstić information content (AvgIpc) is 2.67. The SMILES string of the molecule is COCC(CNC1CS(=O)(=O)c2ccccc21)OC. The summed E-state index contributed by atoms with van der Waals surface area (Å²) in [6, 6.07) is 6.96. The van der Waals surface area contributed by atoms with Crippen molar-refractivity contribution in [1.29, 1.82) is 0 Å². The lowest BCUT2D eigenvalue weighted by molar-refractivity contribution is 0.0277. The number of hydrogen-bond donors (Lipinski definition) is 1. The molecule has 6 heteroatoms. The minimum Gasteiger partial charge on any atom is -0.382 e. The van der Waals surface area contributed by atoms with E-state index in [1.165, 1.54) is 0 Å². The van der Waals surface area contributed by atoms with Crippen molar-refractivity contribution in [1.82, 2.24) is 5.32 Å². The predicted octanol–water partition coefficient (Wildman–Crippen LogP) is 0.766. The molecule has 0 saturated carbocycles. The molecule has 2 atom stereocenters. The highest BCUT2D eigenvalue weighted by atomic mass is 32.2. The largest absolute Gasteiger partial charge is 0.382 e. The smallest absolute Gasteiger partial charge is 0.180 e. The van der Waals surface area contributed by atoms with Crippen LogP contribution in [0.4, 0.5) is 0 Å². The van der Waals surface area contributed by atoms with Crippen molar-refractivity contribution in [2.75, 3.05) is 33.1 Å². The number of hydrogen-bond acceptors (Lipinski definition) is 5. The first kappa shape index (κ1) is 14.5. The van der Waals surface area contributed by atoms with Gasteiger partial charge in [-0.3, -0.25) is 0 Å². The van der Waals surface area contributed by atoms with Crippen LogP contribution in [0.1, 0.15) is 11.6 Å². The second kappa shape index (κ2) is 6.00. The summed E-state index contributed by atoms with van der Waals surface area (Å²) in [6.07, 6.45) is -0.0829. The summed E-state index contributed by atoms with van der Waals surface area (Å²) in [6.45, 7) is 1.03. The summed E-state index contributed by atoms with van der Waals surface area (Å²) < 4.78 is 34.3. The number of ether oxygens (including phenoxy) is 2. The molecule has 5 nitrogen and oxygen atoms in total. The van der Waals surface area contributed by atoms with E-state index in [1.807, 2.05) is 12.1 Å². The van der Waals surface area contributed by atoms with E-state index < -0.39 is 9.84 Å². The van der Waals surface area contributed by atoms with Crippen LogP contribution in [0.2, 0.25) is 0 Å². The number of fused-ring (bicyclic) bond motifs is 1. The van der Waals surface area contributed by atoms with Gasteiger partial charge in [0.25, 0.3) is 0 Å². The number of nitrogens with one attached hydrogen (secondary N) is 1. The van der Waals surface area contributed by atoms with Crippen LogP contribution in [-0.4, -0.2) is 47.6 Å². The Bertz CT molecular complexity index is 529. The molecule has 0 amide bonds. The molecule has 2 unspecified atom stereocenters. The van der Waals surface area contributed by atoms with Gasteiger partial charge in [0.1, 0.15) is 0 Å². The number of methoxy groups -OCH3 is 2. The number of sulfone groups is 1. The van der Waals surface area contributed by atoms with Crippen molar-refractivity contribution < 1.29 is 17.9 Å². The molecule has 0 fully saturated rings.